The molecule has 1 aliphatic rings. The normalized spacial score (nSPS) is 14.7. The lowest BCUT2D eigenvalue weighted by Crippen LogP contribution is -2.30. The molecule has 1 amide bonds. The summed E-state index contributed by atoms with van der Waals surface area (Å²) in [7, 11) is 1.05. The zero-order valence-electron chi connectivity index (χ0n) is 12.4. The van der Waals surface area contributed by atoms with Gasteiger partial charge in [-0.05, 0) is 13.0 Å². The van der Waals surface area contributed by atoms with Crippen LogP contribution in [0.15, 0.2) is 12.1 Å². The minimum absolute atomic E-state index is 0.00902. The number of alkyl halides is 2. The first-order valence-electron chi connectivity index (χ1n) is 6.70. The molecule has 1 saturated heterocycles. The summed E-state index contributed by atoms with van der Waals surface area (Å²) in [6.07, 6.45) is -0.726. The lowest BCUT2D eigenvalue weighted by molar-refractivity contribution is -0.173. The predicted molar refractivity (Wildman–Crippen MR) is 72.2 cm³/mol. The Kier molecular flexibility index (Phi) is 4.67. The second-order valence-corrected chi connectivity index (χ2v) is 4.57. The van der Waals surface area contributed by atoms with Crippen LogP contribution in [0.5, 0.6) is 5.75 Å². The molecule has 0 N–H and O–H groups in total. The van der Waals surface area contributed by atoms with E-state index in [1.54, 1.807) is 0 Å². The van der Waals surface area contributed by atoms with Gasteiger partial charge in [0, 0.05) is 6.07 Å². The van der Waals surface area contributed by atoms with Crippen molar-refractivity contribution in [2.75, 3.05) is 31.8 Å². The molecular weight excluding hydrogens is 319 g/mol. The zero-order chi connectivity index (χ0) is 17.2. The Labute approximate surface area is 129 Å². The largest absolute Gasteiger partial charge is 0.496 e. The van der Waals surface area contributed by atoms with Crippen molar-refractivity contribution in [3.8, 4) is 5.75 Å². The fourth-order valence-electron chi connectivity index (χ4n) is 2.14. The third-order valence-electron chi connectivity index (χ3n) is 3.18. The summed E-state index contributed by atoms with van der Waals surface area (Å²) < 4.78 is 56.2. The highest BCUT2D eigenvalue weighted by atomic mass is 19.3. The minimum atomic E-state index is -4.23. The van der Waals surface area contributed by atoms with Gasteiger partial charge in [0.2, 0.25) is 0 Å². The van der Waals surface area contributed by atoms with Crippen LogP contribution in [0.25, 0.3) is 0 Å². The Hall–Kier alpha value is -2.45. The number of hydrogen-bond acceptors (Lipinski definition) is 5. The molecule has 0 spiro atoms. The van der Waals surface area contributed by atoms with Gasteiger partial charge in [-0.1, -0.05) is 0 Å². The Morgan fingerprint density at radius 2 is 2.13 bits per heavy atom. The first-order valence-corrected chi connectivity index (χ1v) is 6.70. The lowest BCUT2D eigenvalue weighted by Gasteiger charge is -2.21. The molecule has 0 aliphatic carbocycles. The van der Waals surface area contributed by atoms with Gasteiger partial charge in [-0.3, -0.25) is 4.90 Å². The quantitative estimate of drug-likeness (QED) is 0.775. The molecule has 1 aromatic carbocycles. The standard InChI is InChI=1S/C14H14F3NO5/c1-3-22-12(19)14(16,17)11-9(15)6-8(7-10(11)21-2)18-4-5-23-13(18)20/h6-7H,3-5H2,1-2H3. The van der Waals surface area contributed by atoms with E-state index in [4.69, 9.17) is 9.47 Å². The van der Waals surface area contributed by atoms with Crippen molar-refractivity contribution in [2.24, 2.45) is 0 Å². The van der Waals surface area contributed by atoms with E-state index in [-0.39, 0.29) is 25.4 Å². The van der Waals surface area contributed by atoms with Gasteiger partial charge in [-0.25, -0.2) is 14.0 Å². The third-order valence-corrected chi connectivity index (χ3v) is 3.18. The van der Waals surface area contributed by atoms with Crippen LogP contribution in [-0.2, 0) is 20.2 Å². The Bertz CT molecular complexity index is 635. The van der Waals surface area contributed by atoms with Gasteiger partial charge in [0.15, 0.2) is 0 Å². The van der Waals surface area contributed by atoms with Crippen LogP contribution in [0.1, 0.15) is 12.5 Å². The lowest BCUT2D eigenvalue weighted by atomic mass is 10.0. The molecule has 0 saturated carbocycles. The van der Waals surface area contributed by atoms with Crippen LogP contribution in [0.4, 0.5) is 23.7 Å². The van der Waals surface area contributed by atoms with Crippen molar-refractivity contribution in [3.05, 3.63) is 23.5 Å². The Balaban J connectivity index is 2.49. The highest BCUT2D eigenvalue weighted by Crippen LogP contribution is 2.40. The number of cyclic esters (lactones) is 1. The van der Waals surface area contributed by atoms with Crippen molar-refractivity contribution in [1.29, 1.82) is 0 Å². The number of nitrogens with zero attached hydrogens (tertiary/aromatic N) is 1. The summed E-state index contributed by atoms with van der Waals surface area (Å²) in [4.78, 5) is 23.9. The molecule has 0 radical (unpaired) electrons. The second kappa shape index (κ2) is 6.35. The van der Waals surface area contributed by atoms with Gasteiger partial charge < -0.3 is 14.2 Å². The maximum Gasteiger partial charge on any atom is 0.414 e. The molecule has 0 atom stereocenters. The van der Waals surface area contributed by atoms with E-state index >= 15 is 0 Å². The minimum Gasteiger partial charge on any atom is -0.496 e. The summed E-state index contributed by atoms with van der Waals surface area (Å²) >= 11 is 0. The number of amides is 1. The van der Waals surface area contributed by atoms with Crippen molar-refractivity contribution < 1.29 is 37.0 Å². The fraction of sp³-hybridized carbons (Fsp3) is 0.429. The van der Waals surface area contributed by atoms with Crippen LogP contribution in [0.3, 0.4) is 0 Å². The van der Waals surface area contributed by atoms with Crippen LogP contribution in [0.2, 0.25) is 0 Å². The number of hydrogen-bond donors (Lipinski definition) is 0. The number of benzene rings is 1. The number of rotatable bonds is 5. The average molecular weight is 333 g/mol. The summed E-state index contributed by atoms with van der Waals surface area (Å²) in [6, 6.07) is 1.76. The van der Waals surface area contributed by atoms with E-state index in [0.29, 0.717) is 0 Å². The SMILES string of the molecule is CCOC(=O)C(F)(F)c1c(F)cc(N2CCOC2=O)cc1OC. The van der Waals surface area contributed by atoms with Gasteiger partial charge in [0.25, 0.3) is 0 Å². The van der Waals surface area contributed by atoms with Crippen molar-refractivity contribution >= 4 is 17.7 Å². The molecule has 9 heteroatoms. The van der Waals surface area contributed by atoms with Crippen LogP contribution in [-0.4, -0.2) is 38.9 Å². The van der Waals surface area contributed by atoms with Crippen LogP contribution in [0, 0.1) is 5.82 Å². The number of anilines is 1. The molecule has 126 valence electrons. The predicted octanol–water partition coefficient (Wildman–Crippen LogP) is 2.45. The van der Waals surface area contributed by atoms with Crippen molar-refractivity contribution in [3.63, 3.8) is 0 Å². The summed E-state index contributed by atoms with van der Waals surface area (Å²) in [5.41, 5.74) is -1.25. The highest BCUT2D eigenvalue weighted by molar-refractivity contribution is 5.90. The molecule has 6 nitrogen and oxygen atoms in total. The molecule has 1 aromatic rings. The van der Waals surface area contributed by atoms with E-state index in [9.17, 15) is 22.8 Å². The van der Waals surface area contributed by atoms with Crippen LogP contribution < -0.4 is 9.64 Å². The molecule has 1 aliphatic heterocycles. The number of methoxy groups -OCH3 is 1. The number of carbonyl (C=O) groups is 2. The number of ether oxygens (including phenoxy) is 3. The van der Waals surface area contributed by atoms with Gasteiger partial charge in [-0.15, -0.1) is 0 Å². The maximum atomic E-state index is 14.2. The molecular formula is C14H14F3NO5. The van der Waals surface area contributed by atoms with Gasteiger partial charge >= 0.3 is 18.0 Å². The fourth-order valence-corrected chi connectivity index (χ4v) is 2.14. The van der Waals surface area contributed by atoms with Gasteiger partial charge in [0.05, 0.1) is 25.9 Å². The monoisotopic (exact) mass is 333 g/mol. The molecule has 23 heavy (non-hydrogen) atoms. The smallest absolute Gasteiger partial charge is 0.414 e. The molecule has 0 bridgehead atoms. The first kappa shape index (κ1) is 16.9. The van der Waals surface area contributed by atoms with E-state index < -0.39 is 35.1 Å². The van der Waals surface area contributed by atoms with E-state index in [1.807, 2.05) is 0 Å². The van der Waals surface area contributed by atoms with E-state index in [0.717, 1.165) is 24.1 Å². The molecule has 0 aromatic heterocycles. The Morgan fingerprint density at radius 1 is 1.43 bits per heavy atom. The molecule has 2 rings (SSSR count). The van der Waals surface area contributed by atoms with Crippen molar-refractivity contribution in [2.45, 2.75) is 12.8 Å². The maximum absolute atomic E-state index is 14.2. The van der Waals surface area contributed by atoms with E-state index in [1.165, 1.54) is 6.92 Å². The van der Waals surface area contributed by atoms with Gasteiger partial charge in [0.1, 0.15) is 23.7 Å². The highest BCUT2D eigenvalue weighted by Gasteiger charge is 2.48. The molecule has 0 unspecified atom stereocenters. The summed E-state index contributed by atoms with van der Waals surface area (Å²) in [5.74, 6) is -8.07. The van der Waals surface area contributed by atoms with Crippen molar-refractivity contribution in [1.82, 2.24) is 0 Å². The van der Waals surface area contributed by atoms with E-state index in [2.05, 4.69) is 4.74 Å². The number of esters is 1. The molecule has 1 heterocycles. The average Bonchev–Trinajstić information content (AvgIpc) is 2.92. The zero-order valence-corrected chi connectivity index (χ0v) is 12.4. The second-order valence-electron chi connectivity index (χ2n) is 4.57. The summed E-state index contributed by atoms with van der Waals surface area (Å²) in [6.45, 7) is 1.32. The third kappa shape index (κ3) is 3.03. The topological polar surface area (TPSA) is 65.1 Å². The summed E-state index contributed by atoms with van der Waals surface area (Å²) in [5, 5.41) is 0. The Morgan fingerprint density at radius 3 is 2.65 bits per heavy atom. The number of carbonyl (C=O) groups excluding carboxylic acids is 2. The first-order chi connectivity index (χ1) is 10.8. The molecule has 1 fully saturated rings. The number of halogens is 3. The van der Waals surface area contributed by atoms with Crippen LogP contribution >= 0.6 is 0 Å². The van der Waals surface area contributed by atoms with Gasteiger partial charge in [-0.2, -0.15) is 8.78 Å².